The molecule has 1 aromatic carbocycles. The first kappa shape index (κ1) is 18.9. The lowest BCUT2D eigenvalue weighted by atomic mass is 10.1. The second-order valence-corrected chi connectivity index (χ2v) is 7.07. The minimum Gasteiger partial charge on any atom is -0.470 e. The van der Waals surface area contributed by atoms with Crippen molar-refractivity contribution in [2.45, 2.75) is 18.9 Å². The molecule has 1 saturated heterocycles. The Hall–Kier alpha value is -3.49. The van der Waals surface area contributed by atoms with Gasteiger partial charge in [-0.1, -0.05) is 18.2 Å². The van der Waals surface area contributed by atoms with E-state index in [1.165, 1.54) is 11.0 Å². The number of carbonyl (C=O) groups is 1. The van der Waals surface area contributed by atoms with Gasteiger partial charge in [-0.15, -0.1) is 5.10 Å². The van der Waals surface area contributed by atoms with Gasteiger partial charge < -0.3 is 14.5 Å². The van der Waals surface area contributed by atoms with E-state index in [2.05, 4.69) is 20.2 Å². The summed E-state index contributed by atoms with van der Waals surface area (Å²) >= 11 is 0. The van der Waals surface area contributed by atoms with Crippen LogP contribution in [0.4, 0.5) is 5.82 Å². The molecule has 1 aliphatic rings. The molecular formula is C20H23N7O2. The average molecular weight is 393 g/mol. The highest BCUT2D eigenvalue weighted by atomic mass is 16.5. The normalized spacial score (nSPS) is 16.5. The Morgan fingerprint density at radius 3 is 2.76 bits per heavy atom. The molecule has 1 unspecified atom stereocenters. The first-order valence-electron chi connectivity index (χ1n) is 9.54. The third kappa shape index (κ3) is 4.18. The minimum atomic E-state index is -0.146. The Bertz CT molecular complexity index is 974. The largest absolute Gasteiger partial charge is 0.470 e. The summed E-state index contributed by atoms with van der Waals surface area (Å²) in [6.07, 6.45) is 6.30. The molecule has 3 aromatic rings. The molecule has 0 aliphatic carbocycles. The summed E-state index contributed by atoms with van der Waals surface area (Å²) in [4.78, 5) is 26.6. The van der Waals surface area contributed by atoms with Crippen LogP contribution in [0, 0.1) is 0 Å². The van der Waals surface area contributed by atoms with Gasteiger partial charge in [-0.05, 0) is 25.0 Å². The first-order chi connectivity index (χ1) is 14.1. The Labute approximate surface area is 168 Å². The van der Waals surface area contributed by atoms with Crippen LogP contribution < -0.4 is 9.64 Å². The van der Waals surface area contributed by atoms with Crippen molar-refractivity contribution < 1.29 is 9.53 Å². The maximum Gasteiger partial charge on any atom is 0.276 e. The van der Waals surface area contributed by atoms with Gasteiger partial charge in [-0.2, -0.15) is 9.90 Å². The van der Waals surface area contributed by atoms with Gasteiger partial charge in [-0.3, -0.25) is 4.79 Å². The monoisotopic (exact) mass is 393 g/mol. The summed E-state index contributed by atoms with van der Waals surface area (Å²) in [5, 5.41) is 8.57. The number of piperidine rings is 1. The van der Waals surface area contributed by atoms with Crippen LogP contribution in [-0.2, 0) is 0 Å². The predicted molar refractivity (Wildman–Crippen MR) is 107 cm³/mol. The number of para-hydroxylation sites is 1. The van der Waals surface area contributed by atoms with Crippen LogP contribution >= 0.6 is 0 Å². The molecule has 1 atom stereocenters. The second kappa shape index (κ2) is 8.26. The summed E-state index contributed by atoms with van der Waals surface area (Å²) in [5.74, 6) is 1.00. The maximum atomic E-state index is 12.9. The topological polar surface area (TPSA) is 89.3 Å². The van der Waals surface area contributed by atoms with Crippen molar-refractivity contribution in [3.8, 4) is 11.6 Å². The van der Waals surface area contributed by atoms with Crippen LogP contribution in [0.5, 0.6) is 5.88 Å². The smallest absolute Gasteiger partial charge is 0.276 e. The predicted octanol–water partition coefficient (Wildman–Crippen LogP) is 1.81. The molecule has 2 aromatic heterocycles. The summed E-state index contributed by atoms with van der Waals surface area (Å²) in [6, 6.07) is 9.51. The van der Waals surface area contributed by atoms with Gasteiger partial charge in [0, 0.05) is 33.0 Å². The number of amides is 1. The molecule has 3 heterocycles. The Morgan fingerprint density at radius 2 is 1.97 bits per heavy atom. The lowest BCUT2D eigenvalue weighted by molar-refractivity contribution is 0.0522. The second-order valence-electron chi connectivity index (χ2n) is 7.07. The molecule has 9 heteroatoms. The molecule has 0 bridgehead atoms. The van der Waals surface area contributed by atoms with Crippen molar-refractivity contribution in [2.24, 2.45) is 0 Å². The molecule has 1 fully saturated rings. The number of anilines is 1. The Morgan fingerprint density at radius 1 is 1.17 bits per heavy atom. The number of aromatic nitrogens is 5. The molecule has 1 aliphatic heterocycles. The van der Waals surface area contributed by atoms with Gasteiger partial charge in [0.2, 0.25) is 0 Å². The number of hydrogen-bond donors (Lipinski definition) is 0. The van der Waals surface area contributed by atoms with E-state index in [4.69, 9.17) is 4.74 Å². The van der Waals surface area contributed by atoms with E-state index in [1.807, 2.05) is 49.3 Å². The number of likely N-dealkylation sites (tertiary alicyclic amines) is 1. The van der Waals surface area contributed by atoms with Gasteiger partial charge in [-0.25, -0.2) is 9.97 Å². The van der Waals surface area contributed by atoms with E-state index in [0.717, 1.165) is 18.5 Å². The zero-order valence-corrected chi connectivity index (χ0v) is 16.5. The van der Waals surface area contributed by atoms with Crippen molar-refractivity contribution in [1.29, 1.82) is 0 Å². The quantitative estimate of drug-likeness (QED) is 0.653. The van der Waals surface area contributed by atoms with Crippen LogP contribution in [0.3, 0.4) is 0 Å². The van der Waals surface area contributed by atoms with E-state index in [0.29, 0.717) is 30.5 Å². The van der Waals surface area contributed by atoms with E-state index >= 15 is 0 Å². The van der Waals surface area contributed by atoms with Crippen LogP contribution in [-0.4, -0.2) is 69.1 Å². The zero-order chi connectivity index (χ0) is 20.2. The lowest BCUT2D eigenvalue weighted by Crippen LogP contribution is -2.44. The Kier molecular flexibility index (Phi) is 5.37. The Balaban J connectivity index is 1.45. The van der Waals surface area contributed by atoms with Crippen LogP contribution in [0.25, 0.3) is 5.69 Å². The van der Waals surface area contributed by atoms with Crippen LogP contribution in [0.2, 0.25) is 0 Å². The molecule has 0 spiro atoms. The van der Waals surface area contributed by atoms with Gasteiger partial charge >= 0.3 is 0 Å². The third-order valence-corrected chi connectivity index (χ3v) is 4.71. The van der Waals surface area contributed by atoms with Crippen LogP contribution in [0.1, 0.15) is 23.3 Å². The molecule has 150 valence electrons. The molecule has 29 heavy (non-hydrogen) atoms. The SMILES string of the molecule is CN(C)c1nccnc1OC1CCCN(C(=O)c2cnn(-c3ccccc3)n2)C1. The first-order valence-corrected chi connectivity index (χ1v) is 9.54. The number of ether oxygens (including phenoxy) is 1. The summed E-state index contributed by atoms with van der Waals surface area (Å²) in [7, 11) is 3.78. The van der Waals surface area contributed by atoms with Gasteiger partial charge in [0.05, 0.1) is 18.4 Å². The fourth-order valence-corrected chi connectivity index (χ4v) is 3.29. The molecule has 1 amide bonds. The van der Waals surface area contributed by atoms with E-state index in [1.54, 1.807) is 17.3 Å². The molecule has 0 radical (unpaired) electrons. The molecule has 0 N–H and O–H groups in total. The van der Waals surface area contributed by atoms with Gasteiger partial charge in [0.25, 0.3) is 11.8 Å². The summed E-state index contributed by atoms with van der Waals surface area (Å²) < 4.78 is 6.09. The van der Waals surface area contributed by atoms with Gasteiger partial charge in [0.1, 0.15) is 6.10 Å². The van der Waals surface area contributed by atoms with Crippen molar-refractivity contribution in [3.05, 3.63) is 54.6 Å². The summed E-state index contributed by atoms with van der Waals surface area (Å²) in [6.45, 7) is 1.14. The highest BCUT2D eigenvalue weighted by Crippen LogP contribution is 2.24. The third-order valence-electron chi connectivity index (χ3n) is 4.71. The molecular weight excluding hydrogens is 370 g/mol. The maximum absolute atomic E-state index is 12.9. The summed E-state index contributed by atoms with van der Waals surface area (Å²) in [5.41, 5.74) is 1.13. The van der Waals surface area contributed by atoms with Crippen molar-refractivity contribution in [1.82, 2.24) is 29.9 Å². The van der Waals surface area contributed by atoms with Crippen molar-refractivity contribution in [2.75, 3.05) is 32.1 Å². The molecule has 0 saturated carbocycles. The fourth-order valence-electron chi connectivity index (χ4n) is 3.29. The number of carbonyl (C=O) groups excluding carboxylic acids is 1. The highest BCUT2D eigenvalue weighted by Gasteiger charge is 2.28. The average Bonchev–Trinajstić information content (AvgIpc) is 3.24. The van der Waals surface area contributed by atoms with E-state index < -0.39 is 0 Å². The standard InChI is InChI=1S/C20H23N7O2/c1-25(2)18-19(22-11-10-21-18)29-16-9-6-12-26(14-16)20(28)17-13-23-27(24-17)15-7-4-3-5-8-15/h3-5,7-8,10-11,13,16H,6,9,12,14H2,1-2H3. The number of rotatable bonds is 5. The zero-order valence-electron chi connectivity index (χ0n) is 16.5. The highest BCUT2D eigenvalue weighted by molar-refractivity contribution is 5.92. The number of hydrogen-bond acceptors (Lipinski definition) is 7. The molecule has 4 rings (SSSR count). The fraction of sp³-hybridized carbons (Fsp3) is 0.350. The number of benzene rings is 1. The van der Waals surface area contributed by atoms with Crippen LogP contribution in [0.15, 0.2) is 48.9 Å². The minimum absolute atomic E-state index is 0.146. The molecule has 9 nitrogen and oxygen atoms in total. The van der Waals surface area contributed by atoms with E-state index in [9.17, 15) is 4.79 Å². The van der Waals surface area contributed by atoms with E-state index in [-0.39, 0.29) is 12.0 Å². The van der Waals surface area contributed by atoms with Gasteiger partial charge in [0.15, 0.2) is 11.5 Å². The van der Waals surface area contributed by atoms with Crippen molar-refractivity contribution in [3.63, 3.8) is 0 Å². The number of nitrogens with zero attached hydrogens (tertiary/aromatic N) is 7. The van der Waals surface area contributed by atoms with Crippen molar-refractivity contribution >= 4 is 11.7 Å². The lowest BCUT2D eigenvalue weighted by Gasteiger charge is -2.32.